The maximum Gasteiger partial charge on any atom is 0.0520 e. The molecule has 3 aromatic carbocycles. The van der Waals surface area contributed by atoms with E-state index in [1.165, 1.54) is 50.5 Å². The fraction of sp³-hybridized carbons (Fsp3) is 0.364. The number of hydrogen-bond acceptors (Lipinski definition) is 4. The molecule has 2 aliphatic heterocycles. The summed E-state index contributed by atoms with van der Waals surface area (Å²) in [6, 6.07) is 26.9. The SMILES string of the molecule is CCN(Cc1ccc(C(C)CCC2=C(C)CC(c3ccc(C)cc3)=N2)cc1)SN1CCc2ccccc21. The van der Waals surface area contributed by atoms with E-state index in [9.17, 15) is 0 Å². The second-order valence-electron chi connectivity index (χ2n) is 10.5. The topological polar surface area (TPSA) is 18.8 Å². The molecule has 192 valence electrons. The fourth-order valence-corrected chi connectivity index (χ4v) is 6.28. The van der Waals surface area contributed by atoms with E-state index in [4.69, 9.17) is 4.99 Å². The summed E-state index contributed by atoms with van der Waals surface area (Å²) < 4.78 is 4.90. The molecular weight excluding hydrogens is 470 g/mol. The minimum Gasteiger partial charge on any atom is -0.303 e. The Labute approximate surface area is 227 Å². The smallest absolute Gasteiger partial charge is 0.0520 e. The summed E-state index contributed by atoms with van der Waals surface area (Å²) in [7, 11) is 0. The molecule has 0 bridgehead atoms. The predicted octanol–water partition coefficient (Wildman–Crippen LogP) is 8.49. The Morgan fingerprint density at radius 2 is 1.73 bits per heavy atom. The van der Waals surface area contributed by atoms with Crippen molar-refractivity contribution < 1.29 is 0 Å². The second-order valence-corrected chi connectivity index (χ2v) is 11.6. The van der Waals surface area contributed by atoms with Crippen LogP contribution in [-0.2, 0) is 13.0 Å². The van der Waals surface area contributed by atoms with E-state index < -0.39 is 0 Å². The first-order valence-corrected chi connectivity index (χ1v) is 14.4. The Balaban J connectivity index is 1.14. The Morgan fingerprint density at radius 3 is 2.49 bits per heavy atom. The third-order valence-electron chi connectivity index (χ3n) is 7.71. The van der Waals surface area contributed by atoms with E-state index in [-0.39, 0.29) is 0 Å². The number of hydrogen-bond donors (Lipinski definition) is 0. The maximum absolute atomic E-state index is 5.03. The zero-order chi connectivity index (χ0) is 25.8. The van der Waals surface area contributed by atoms with Gasteiger partial charge in [-0.05, 0) is 72.9 Å². The molecule has 3 aromatic rings. The molecule has 1 atom stereocenters. The van der Waals surface area contributed by atoms with Crippen LogP contribution in [0.15, 0.2) is 89.1 Å². The van der Waals surface area contributed by atoms with Gasteiger partial charge in [0, 0.05) is 43.9 Å². The lowest BCUT2D eigenvalue weighted by atomic mass is 9.94. The molecule has 0 spiro atoms. The number of rotatable bonds is 10. The maximum atomic E-state index is 5.03. The first-order valence-electron chi connectivity index (χ1n) is 13.7. The van der Waals surface area contributed by atoms with Crippen molar-refractivity contribution in [3.05, 3.63) is 112 Å². The van der Waals surface area contributed by atoms with Gasteiger partial charge in [0.05, 0.1) is 11.4 Å². The van der Waals surface area contributed by atoms with Gasteiger partial charge in [-0.1, -0.05) is 86.1 Å². The van der Waals surface area contributed by atoms with Crippen LogP contribution in [0.5, 0.6) is 0 Å². The number of anilines is 1. The van der Waals surface area contributed by atoms with Crippen molar-refractivity contribution in [2.75, 3.05) is 17.4 Å². The van der Waals surface area contributed by atoms with E-state index in [2.05, 4.69) is 109 Å². The summed E-state index contributed by atoms with van der Waals surface area (Å²) in [5.41, 5.74) is 12.1. The Kier molecular flexibility index (Phi) is 8.17. The first-order chi connectivity index (χ1) is 18.0. The highest BCUT2D eigenvalue weighted by Crippen LogP contribution is 2.35. The van der Waals surface area contributed by atoms with Gasteiger partial charge in [0.2, 0.25) is 0 Å². The van der Waals surface area contributed by atoms with Gasteiger partial charge < -0.3 is 4.31 Å². The van der Waals surface area contributed by atoms with Gasteiger partial charge in [-0.2, -0.15) is 0 Å². The normalized spacial score (nSPS) is 15.9. The van der Waals surface area contributed by atoms with E-state index in [1.807, 2.05) is 12.1 Å². The van der Waals surface area contributed by atoms with Crippen LogP contribution in [-0.4, -0.2) is 23.1 Å². The summed E-state index contributed by atoms with van der Waals surface area (Å²) in [5.74, 6) is 0.519. The van der Waals surface area contributed by atoms with Gasteiger partial charge in [0.25, 0.3) is 0 Å². The standard InChI is InChI=1S/C33H39N3S/c1-5-35(37-36-21-20-30-8-6-7-9-33(30)36)23-27-13-17-28(18-14-27)25(3)12-19-31-26(4)22-32(34-31)29-15-10-24(2)11-16-29/h6-11,13-18,25H,5,12,19-23H2,1-4H3. The number of benzene rings is 3. The van der Waals surface area contributed by atoms with Crippen molar-refractivity contribution in [3.63, 3.8) is 0 Å². The molecule has 0 radical (unpaired) electrons. The highest BCUT2D eigenvalue weighted by Gasteiger charge is 2.22. The number of fused-ring (bicyclic) bond motifs is 1. The monoisotopic (exact) mass is 509 g/mol. The molecule has 0 N–H and O–H groups in total. The highest BCUT2D eigenvalue weighted by atomic mass is 32.2. The van der Waals surface area contributed by atoms with E-state index in [0.29, 0.717) is 5.92 Å². The van der Waals surface area contributed by atoms with E-state index in [0.717, 1.165) is 45.3 Å². The van der Waals surface area contributed by atoms with Crippen molar-refractivity contribution in [2.24, 2.45) is 4.99 Å². The minimum atomic E-state index is 0.519. The lowest BCUT2D eigenvalue weighted by molar-refractivity contribution is 0.491. The van der Waals surface area contributed by atoms with Crippen LogP contribution in [0, 0.1) is 6.92 Å². The minimum absolute atomic E-state index is 0.519. The number of nitrogens with zero attached hydrogens (tertiary/aromatic N) is 3. The lowest BCUT2D eigenvalue weighted by Gasteiger charge is -2.26. The number of para-hydroxylation sites is 1. The molecular formula is C33H39N3S. The molecule has 2 heterocycles. The lowest BCUT2D eigenvalue weighted by Crippen LogP contribution is -2.23. The quantitative estimate of drug-likeness (QED) is 0.255. The summed E-state index contributed by atoms with van der Waals surface area (Å²) in [6.07, 6.45) is 4.29. The molecule has 0 aromatic heterocycles. The predicted molar refractivity (Wildman–Crippen MR) is 160 cm³/mol. The summed E-state index contributed by atoms with van der Waals surface area (Å²) in [6.45, 7) is 12.0. The first kappa shape index (κ1) is 25.8. The van der Waals surface area contributed by atoms with E-state index in [1.54, 1.807) is 0 Å². The average Bonchev–Trinajstić information content (AvgIpc) is 3.50. The largest absolute Gasteiger partial charge is 0.303 e. The van der Waals surface area contributed by atoms with Crippen molar-refractivity contribution in [3.8, 4) is 0 Å². The van der Waals surface area contributed by atoms with Gasteiger partial charge in [0.15, 0.2) is 0 Å². The molecule has 0 saturated carbocycles. The second kappa shape index (κ2) is 11.7. The third-order valence-corrected chi connectivity index (χ3v) is 8.91. The molecule has 0 aliphatic carbocycles. The third kappa shape index (κ3) is 6.19. The zero-order valence-electron chi connectivity index (χ0n) is 22.7. The summed E-state index contributed by atoms with van der Waals surface area (Å²) in [4.78, 5) is 5.03. The van der Waals surface area contributed by atoms with Crippen molar-refractivity contribution in [1.82, 2.24) is 4.31 Å². The molecule has 0 saturated heterocycles. The van der Waals surface area contributed by atoms with Gasteiger partial charge in [-0.25, -0.2) is 4.31 Å². The van der Waals surface area contributed by atoms with Crippen LogP contribution in [0.3, 0.4) is 0 Å². The molecule has 1 unspecified atom stereocenters. The van der Waals surface area contributed by atoms with E-state index >= 15 is 0 Å². The Hall–Kier alpha value is -2.82. The number of allylic oxidation sites excluding steroid dienone is 2. The van der Waals surface area contributed by atoms with Gasteiger partial charge in [-0.3, -0.25) is 4.99 Å². The van der Waals surface area contributed by atoms with Crippen LogP contribution in [0.25, 0.3) is 0 Å². The van der Waals surface area contributed by atoms with Crippen molar-refractivity contribution in [2.45, 2.75) is 65.8 Å². The average molecular weight is 510 g/mol. The Morgan fingerprint density at radius 1 is 0.973 bits per heavy atom. The van der Waals surface area contributed by atoms with Crippen molar-refractivity contribution in [1.29, 1.82) is 0 Å². The van der Waals surface area contributed by atoms with Crippen LogP contribution in [0.4, 0.5) is 5.69 Å². The van der Waals surface area contributed by atoms with Gasteiger partial charge in [-0.15, -0.1) is 0 Å². The van der Waals surface area contributed by atoms with Crippen LogP contribution >= 0.6 is 12.1 Å². The number of aryl methyl sites for hydroxylation is 1. The Bertz CT molecular complexity index is 1270. The summed E-state index contributed by atoms with van der Waals surface area (Å²) >= 11 is 1.87. The molecule has 0 fully saturated rings. The van der Waals surface area contributed by atoms with Gasteiger partial charge >= 0.3 is 0 Å². The van der Waals surface area contributed by atoms with Crippen LogP contribution in [0.2, 0.25) is 0 Å². The zero-order valence-corrected chi connectivity index (χ0v) is 23.5. The van der Waals surface area contributed by atoms with Gasteiger partial charge in [0.1, 0.15) is 0 Å². The number of aliphatic imine (C=N–C) groups is 1. The van der Waals surface area contributed by atoms with Crippen LogP contribution in [0.1, 0.15) is 73.8 Å². The molecule has 37 heavy (non-hydrogen) atoms. The van der Waals surface area contributed by atoms with Crippen LogP contribution < -0.4 is 4.31 Å². The fourth-order valence-electron chi connectivity index (χ4n) is 5.24. The molecule has 2 aliphatic rings. The summed E-state index contributed by atoms with van der Waals surface area (Å²) in [5, 5.41) is 0. The molecule has 4 heteroatoms. The highest BCUT2D eigenvalue weighted by molar-refractivity contribution is 7.98. The molecule has 5 rings (SSSR count). The molecule has 0 amide bonds. The van der Waals surface area contributed by atoms with Crippen molar-refractivity contribution >= 4 is 23.5 Å². The molecule has 3 nitrogen and oxygen atoms in total.